The highest BCUT2D eigenvalue weighted by Gasteiger charge is 2.08. The number of nitro groups is 1. The molecule has 0 aliphatic carbocycles. The Morgan fingerprint density at radius 2 is 1.95 bits per heavy atom. The molecule has 22 heavy (non-hydrogen) atoms. The van der Waals surface area contributed by atoms with E-state index in [1.54, 1.807) is 18.2 Å². The van der Waals surface area contributed by atoms with Crippen LogP contribution in [-0.2, 0) is 4.79 Å². The number of ether oxygens (including phenoxy) is 1. The Labute approximate surface area is 139 Å². The second-order valence-electron chi connectivity index (χ2n) is 4.22. The second-order valence-corrected chi connectivity index (χ2v) is 5.51. The first-order valence-corrected chi connectivity index (χ1v) is 7.25. The van der Waals surface area contributed by atoms with Gasteiger partial charge in [0.25, 0.3) is 11.6 Å². The highest BCUT2D eigenvalue weighted by atomic mass is 79.9. The van der Waals surface area contributed by atoms with E-state index < -0.39 is 4.92 Å². The van der Waals surface area contributed by atoms with Gasteiger partial charge in [0.15, 0.2) is 6.61 Å². The zero-order valence-corrected chi connectivity index (χ0v) is 13.4. The van der Waals surface area contributed by atoms with Crippen molar-refractivity contribution in [3.63, 3.8) is 0 Å². The smallest absolute Gasteiger partial charge is 0.269 e. The van der Waals surface area contributed by atoms with Crippen LogP contribution in [0.25, 0.3) is 0 Å². The van der Waals surface area contributed by atoms with E-state index in [1.807, 2.05) is 0 Å². The SMILES string of the molecule is O=C(COc1ccc(Cl)cc1Br)Nc1ccc([N+](=O)[O-])cc1. The standard InChI is InChI=1S/C14H10BrClN2O4/c15-12-7-9(16)1-6-13(12)22-8-14(19)17-10-2-4-11(5-3-10)18(20)21/h1-7H,8H2,(H,17,19). The number of non-ortho nitro benzene ring substituents is 1. The van der Waals surface area contributed by atoms with Gasteiger partial charge in [0.1, 0.15) is 5.75 Å². The summed E-state index contributed by atoms with van der Waals surface area (Å²) in [6.07, 6.45) is 0. The number of nitrogens with one attached hydrogen (secondary N) is 1. The fourth-order valence-corrected chi connectivity index (χ4v) is 2.40. The van der Waals surface area contributed by atoms with Gasteiger partial charge in [0, 0.05) is 22.8 Å². The highest BCUT2D eigenvalue weighted by Crippen LogP contribution is 2.27. The van der Waals surface area contributed by atoms with Crippen LogP contribution in [0.15, 0.2) is 46.9 Å². The number of hydrogen-bond acceptors (Lipinski definition) is 4. The van der Waals surface area contributed by atoms with Crippen molar-refractivity contribution >= 4 is 44.8 Å². The first kappa shape index (κ1) is 16.3. The van der Waals surface area contributed by atoms with Crippen LogP contribution in [0.1, 0.15) is 0 Å². The number of anilines is 1. The van der Waals surface area contributed by atoms with Gasteiger partial charge in [-0.15, -0.1) is 0 Å². The van der Waals surface area contributed by atoms with Crippen LogP contribution in [0.2, 0.25) is 5.02 Å². The molecule has 2 aromatic rings. The van der Waals surface area contributed by atoms with Gasteiger partial charge >= 0.3 is 0 Å². The van der Waals surface area contributed by atoms with E-state index >= 15 is 0 Å². The summed E-state index contributed by atoms with van der Waals surface area (Å²) < 4.78 is 6.00. The molecule has 0 unspecified atom stereocenters. The minimum atomic E-state index is -0.507. The Balaban J connectivity index is 1.91. The van der Waals surface area contributed by atoms with Gasteiger partial charge in [-0.2, -0.15) is 0 Å². The van der Waals surface area contributed by atoms with Gasteiger partial charge in [-0.3, -0.25) is 14.9 Å². The second kappa shape index (κ2) is 7.24. The van der Waals surface area contributed by atoms with Gasteiger partial charge in [-0.05, 0) is 46.3 Å². The molecule has 2 rings (SSSR count). The maximum absolute atomic E-state index is 11.8. The van der Waals surface area contributed by atoms with Crippen molar-refractivity contribution in [2.45, 2.75) is 0 Å². The van der Waals surface area contributed by atoms with Crippen LogP contribution in [0.3, 0.4) is 0 Å². The summed E-state index contributed by atoms with van der Waals surface area (Å²) in [5.41, 5.74) is 0.411. The average Bonchev–Trinajstić information content (AvgIpc) is 2.47. The summed E-state index contributed by atoms with van der Waals surface area (Å²) in [5.74, 6) is 0.110. The Hall–Kier alpha value is -2.12. The van der Waals surface area contributed by atoms with Crippen molar-refractivity contribution in [3.8, 4) is 5.75 Å². The molecule has 114 valence electrons. The van der Waals surface area contributed by atoms with Crippen LogP contribution in [0, 0.1) is 10.1 Å². The zero-order valence-electron chi connectivity index (χ0n) is 11.1. The molecular formula is C14H10BrClN2O4. The summed E-state index contributed by atoms with van der Waals surface area (Å²) in [4.78, 5) is 21.8. The lowest BCUT2D eigenvalue weighted by atomic mass is 10.3. The molecular weight excluding hydrogens is 376 g/mol. The molecule has 2 aromatic carbocycles. The van der Waals surface area contributed by atoms with Crippen molar-refractivity contribution in [2.24, 2.45) is 0 Å². The van der Waals surface area contributed by atoms with Crippen LogP contribution in [-0.4, -0.2) is 17.4 Å². The van der Waals surface area contributed by atoms with Gasteiger partial charge in [-0.25, -0.2) is 0 Å². The third-order valence-corrected chi connectivity index (χ3v) is 3.47. The van der Waals surface area contributed by atoms with Crippen LogP contribution < -0.4 is 10.1 Å². The van der Waals surface area contributed by atoms with Crippen LogP contribution >= 0.6 is 27.5 Å². The normalized spacial score (nSPS) is 10.1. The number of halogens is 2. The van der Waals surface area contributed by atoms with Crippen molar-refractivity contribution in [2.75, 3.05) is 11.9 Å². The van der Waals surface area contributed by atoms with E-state index in [4.69, 9.17) is 16.3 Å². The number of rotatable bonds is 5. The highest BCUT2D eigenvalue weighted by molar-refractivity contribution is 9.10. The number of nitro benzene ring substituents is 1. The third kappa shape index (κ3) is 4.44. The molecule has 1 amide bonds. The predicted octanol–water partition coefficient (Wildman–Crippen LogP) is 4.03. The lowest BCUT2D eigenvalue weighted by molar-refractivity contribution is -0.384. The van der Waals surface area contributed by atoms with E-state index in [9.17, 15) is 14.9 Å². The number of carbonyl (C=O) groups excluding carboxylic acids is 1. The Morgan fingerprint density at radius 1 is 1.27 bits per heavy atom. The molecule has 6 nitrogen and oxygen atoms in total. The number of nitrogens with zero attached hydrogens (tertiary/aromatic N) is 1. The maximum Gasteiger partial charge on any atom is 0.269 e. The Bertz CT molecular complexity index is 706. The molecule has 0 aromatic heterocycles. The monoisotopic (exact) mass is 384 g/mol. The van der Waals surface area contributed by atoms with Crippen molar-refractivity contribution < 1.29 is 14.5 Å². The lowest BCUT2D eigenvalue weighted by Gasteiger charge is -2.09. The summed E-state index contributed by atoms with van der Waals surface area (Å²) >= 11 is 9.09. The van der Waals surface area contributed by atoms with Gasteiger partial charge < -0.3 is 10.1 Å². The summed E-state index contributed by atoms with van der Waals surface area (Å²) in [6.45, 7) is -0.197. The van der Waals surface area contributed by atoms with Gasteiger partial charge in [0.05, 0.1) is 9.40 Å². The molecule has 0 aliphatic rings. The maximum atomic E-state index is 11.8. The molecule has 0 atom stereocenters. The fraction of sp³-hybridized carbons (Fsp3) is 0.0714. The number of benzene rings is 2. The molecule has 0 radical (unpaired) electrons. The molecule has 0 fully saturated rings. The molecule has 0 bridgehead atoms. The number of hydrogen-bond donors (Lipinski definition) is 1. The number of carbonyl (C=O) groups is 1. The van der Waals surface area contributed by atoms with E-state index in [2.05, 4.69) is 21.2 Å². The topological polar surface area (TPSA) is 81.5 Å². The molecule has 8 heteroatoms. The third-order valence-electron chi connectivity index (χ3n) is 2.61. The minimum Gasteiger partial charge on any atom is -0.483 e. The number of amides is 1. The van der Waals surface area contributed by atoms with Crippen molar-refractivity contribution in [1.82, 2.24) is 0 Å². The van der Waals surface area contributed by atoms with Gasteiger partial charge in [0.2, 0.25) is 0 Å². The minimum absolute atomic E-state index is 0.0423. The predicted molar refractivity (Wildman–Crippen MR) is 86.4 cm³/mol. The lowest BCUT2D eigenvalue weighted by Crippen LogP contribution is -2.20. The van der Waals surface area contributed by atoms with Crippen molar-refractivity contribution in [1.29, 1.82) is 0 Å². The fourth-order valence-electron chi connectivity index (χ4n) is 1.60. The first-order valence-electron chi connectivity index (χ1n) is 6.08. The summed E-state index contributed by atoms with van der Waals surface area (Å²) in [5, 5.41) is 13.7. The van der Waals surface area contributed by atoms with E-state index in [0.717, 1.165) is 0 Å². The molecule has 0 saturated carbocycles. The quantitative estimate of drug-likeness (QED) is 0.622. The largest absolute Gasteiger partial charge is 0.483 e. The Morgan fingerprint density at radius 3 is 2.55 bits per heavy atom. The molecule has 0 aliphatic heterocycles. The molecule has 0 saturated heterocycles. The van der Waals surface area contributed by atoms with Crippen LogP contribution in [0.4, 0.5) is 11.4 Å². The average molecular weight is 386 g/mol. The van der Waals surface area contributed by atoms with Gasteiger partial charge in [-0.1, -0.05) is 11.6 Å². The zero-order chi connectivity index (χ0) is 16.1. The van der Waals surface area contributed by atoms with E-state index in [1.165, 1.54) is 24.3 Å². The van der Waals surface area contributed by atoms with Crippen LogP contribution in [0.5, 0.6) is 5.75 Å². The van der Waals surface area contributed by atoms with Crippen molar-refractivity contribution in [3.05, 3.63) is 62.1 Å². The van der Waals surface area contributed by atoms with E-state index in [-0.39, 0.29) is 18.2 Å². The first-order chi connectivity index (χ1) is 10.5. The molecule has 1 N–H and O–H groups in total. The summed E-state index contributed by atoms with van der Waals surface area (Å²) in [6, 6.07) is 10.5. The summed E-state index contributed by atoms with van der Waals surface area (Å²) in [7, 11) is 0. The molecule has 0 spiro atoms. The van der Waals surface area contributed by atoms with E-state index in [0.29, 0.717) is 20.9 Å². The Kier molecular flexibility index (Phi) is 5.35. The molecule has 0 heterocycles.